The second-order valence-corrected chi connectivity index (χ2v) is 5.98. The summed E-state index contributed by atoms with van der Waals surface area (Å²) in [5.74, 6) is 0.814. The number of nitrogens with zero attached hydrogens (tertiary/aromatic N) is 2. The largest absolute Gasteiger partial charge is 0.370 e. The molecule has 0 aliphatic carbocycles. The monoisotopic (exact) mass is 288 g/mol. The molecule has 2 saturated heterocycles. The van der Waals surface area contributed by atoms with Crippen molar-refractivity contribution in [2.45, 2.75) is 32.1 Å². The maximum atomic E-state index is 12.2. The van der Waals surface area contributed by atoms with Crippen LogP contribution in [-0.2, 0) is 4.79 Å². The van der Waals surface area contributed by atoms with Crippen molar-refractivity contribution < 1.29 is 4.79 Å². The second-order valence-electron chi connectivity index (χ2n) is 5.98. The highest BCUT2D eigenvalue weighted by atomic mass is 16.2. The number of carbonyl (C=O) groups is 1. The van der Waals surface area contributed by atoms with Crippen LogP contribution in [0.15, 0.2) is 18.3 Å². The Morgan fingerprint density at radius 3 is 2.76 bits per heavy atom. The van der Waals surface area contributed by atoms with Crippen molar-refractivity contribution in [1.29, 1.82) is 0 Å². The van der Waals surface area contributed by atoms with Crippen molar-refractivity contribution in [3.8, 4) is 0 Å². The minimum atomic E-state index is 0.0716. The molecule has 2 fully saturated rings. The van der Waals surface area contributed by atoms with Gasteiger partial charge in [0.2, 0.25) is 5.91 Å². The average Bonchev–Trinajstić information content (AvgIpc) is 2.57. The second kappa shape index (κ2) is 6.89. The third-order valence-corrected chi connectivity index (χ3v) is 4.39. The maximum absolute atomic E-state index is 12.2. The fraction of sp³-hybridized carbons (Fsp3) is 0.625. The first-order valence-corrected chi connectivity index (χ1v) is 8.05. The third kappa shape index (κ3) is 3.73. The molecule has 3 rings (SSSR count). The van der Waals surface area contributed by atoms with Crippen LogP contribution in [-0.4, -0.2) is 37.1 Å². The molecule has 1 aromatic heterocycles. The SMILES string of the molecule is O=C(Nc1ccc(N2CCCCC2)cn1)C1CCCNC1. The molecule has 21 heavy (non-hydrogen) atoms. The Hall–Kier alpha value is -1.62. The van der Waals surface area contributed by atoms with Crippen molar-refractivity contribution in [1.82, 2.24) is 10.3 Å². The first kappa shape index (κ1) is 14.3. The van der Waals surface area contributed by atoms with Gasteiger partial charge in [0.1, 0.15) is 5.82 Å². The van der Waals surface area contributed by atoms with Crippen molar-refractivity contribution >= 4 is 17.4 Å². The van der Waals surface area contributed by atoms with Crippen LogP contribution in [0, 0.1) is 5.92 Å². The Bertz CT molecular complexity index is 462. The summed E-state index contributed by atoms with van der Waals surface area (Å²) in [7, 11) is 0. The highest BCUT2D eigenvalue weighted by Gasteiger charge is 2.21. The fourth-order valence-corrected chi connectivity index (χ4v) is 3.10. The van der Waals surface area contributed by atoms with Gasteiger partial charge in [0.15, 0.2) is 0 Å². The van der Waals surface area contributed by atoms with Crippen molar-refractivity contribution in [3.05, 3.63) is 18.3 Å². The molecule has 0 radical (unpaired) electrons. The number of pyridine rings is 1. The fourth-order valence-electron chi connectivity index (χ4n) is 3.10. The zero-order chi connectivity index (χ0) is 14.5. The van der Waals surface area contributed by atoms with E-state index in [2.05, 4.69) is 26.6 Å². The molecule has 0 aromatic carbocycles. The number of piperidine rings is 2. The number of hydrogen-bond donors (Lipinski definition) is 2. The number of rotatable bonds is 3. The number of hydrogen-bond acceptors (Lipinski definition) is 4. The number of nitrogens with one attached hydrogen (secondary N) is 2. The summed E-state index contributed by atoms with van der Waals surface area (Å²) >= 11 is 0. The maximum Gasteiger partial charge on any atom is 0.229 e. The molecule has 1 atom stereocenters. The molecule has 0 saturated carbocycles. The van der Waals surface area contributed by atoms with Gasteiger partial charge in [-0.3, -0.25) is 4.79 Å². The molecule has 114 valence electrons. The van der Waals surface area contributed by atoms with E-state index in [4.69, 9.17) is 0 Å². The quantitative estimate of drug-likeness (QED) is 0.893. The van der Waals surface area contributed by atoms with E-state index in [1.54, 1.807) is 0 Å². The number of aromatic nitrogens is 1. The van der Waals surface area contributed by atoms with Crippen LogP contribution in [0.5, 0.6) is 0 Å². The summed E-state index contributed by atoms with van der Waals surface area (Å²) in [5, 5.41) is 6.20. The third-order valence-electron chi connectivity index (χ3n) is 4.39. The van der Waals surface area contributed by atoms with Crippen LogP contribution < -0.4 is 15.5 Å². The molecule has 5 nitrogen and oxygen atoms in total. The molecule has 0 spiro atoms. The van der Waals surface area contributed by atoms with Gasteiger partial charge in [0.25, 0.3) is 0 Å². The Labute approximate surface area is 126 Å². The predicted octanol–water partition coefficient (Wildman–Crippen LogP) is 2.01. The van der Waals surface area contributed by atoms with Crippen LogP contribution in [0.2, 0.25) is 0 Å². The summed E-state index contributed by atoms with van der Waals surface area (Å²) in [6.07, 6.45) is 7.75. The smallest absolute Gasteiger partial charge is 0.229 e. The van der Waals surface area contributed by atoms with E-state index < -0.39 is 0 Å². The van der Waals surface area contributed by atoms with Gasteiger partial charge in [-0.25, -0.2) is 4.98 Å². The van der Waals surface area contributed by atoms with Gasteiger partial charge in [-0.05, 0) is 50.8 Å². The Morgan fingerprint density at radius 1 is 1.24 bits per heavy atom. The van der Waals surface area contributed by atoms with Crippen LogP contribution >= 0.6 is 0 Å². The summed E-state index contributed by atoms with van der Waals surface area (Å²) in [5.41, 5.74) is 1.16. The van der Waals surface area contributed by atoms with Crippen LogP contribution in [0.3, 0.4) is 0 Å². The number of amides is 1. The zero-order valence-electron chi connectivity index (χ0n) is 12.5. The van der Waals surface area contributed by atoms with Crippen LogP contribution in [0.1, 0.15) is 32.1 Å². The van der Waals surface area contributed by atoms with Crippen molar-refractivity contribution in [2.75, 3.05) is 36.4 Å². The molecule has 1 amide bonds. The molecule has 2 aliphatic rings. The minimum Gasteiger partial charge on any atom is -0.370 e. The summed E-state index contributed by atoms with van der Waals surface area (Å²) in [6, 6.07) is 3.98. The molecular weight excluding hydrogens is 264 g/mol. The van der Waals surface area contributed by atoms with Gasteiger partial charge >= 0.3 is 0 Å². The van der Waals surface area contributed by atoms with E-state index in [1.807, 2.05) is 12.3 Å². The first-order chi connectivity index (χ1) is 10.3. The van der Waals surface area contributed by atoms with E-state index >= 15 is 0 Å². The Balaban J connectivity index is 1.57. The molecule has 3 heterocycles. The van der Waals surface area contributed by atoms with Gasteiger partial charge in [0.05, 0.1) is 17.8 Å². The lowest BCUT2D eigenvalue weighted by Gasteiger charge is -2.28. The predicted molar refractivity (Wildman–Crippen MR) is 84.5 cm³/mol. The van der Waals surface area contributed by atoms with E-state index in [0.717, 1.165) is 44.7 Å². The lowest BCUT2D eigenvalue weighted by atomic mass is 9.99. The molecular formula is C16H24N4O. The molecule has 2 aliphatic heterocycles. The summed E-state index contributed by atoms with van der Waals surface area (Å²) < 4.78 is 0. The van der Waals surface area contributed by atoms with Crippen molar-refractivity contribution in [2.24, 2.45) is 5.92 Å². The minimum absolute atomic E-state index is 0.0716. The standard InChI is InChI=1S/C16H24N4O/c21-16(13-5-4-8-17-11-13)19-15-7-6-14(12-18-15)20-9-2-1-3-10-20/h6-7,12-13,17H,1-5,8-11H2,(H,18,19,21). The van der Waals surface area contributed by atoms with Gasteiger partial charge in [0, 0.05) is 19.6 Å². The summed E-state index contributed by atoms with van der Waals surface area (Å²) in [6.45, 7) is 4.02. The van der Waals surface area contributed by atoms with E-state index in [0.29, 0.717) is 5.82 Å². The van der Waals surface area contributed by atoms with Gasteiger partial charge in [-0.2, -0.15) is 0 Å². The molecule has 0 bridgehead atoms. The lowest BCUT2D eigenvalue weighted by Crippen LogP contribution is -2.37. The van der Waals surface area contributed by atoms with Crippen LogP contribution in [0.4, 0.5) is 11.5 Å². The van der Waals surface area contributed by atoms with Gasteiger partial charge in [-0.15, -0.1) is 0 Å². The van der Waals surface area contributed by atoms with Gasteiger partial charge in [-0.1, -0.05) is 0 Å². The molecule has 1 aromatic rings. The molecule has 1 unspecified atom stereocenters. The van der Waals surface area contributed by atoms with Gasteiger partial charge < -0.3 is 15.5 Å². The van der Waals surface area contributed by atoms with E-state index in [9.17, 15) is 4.79 Å². The highest BCUT2D eigenvalue weighted by molar-refractivity contribution is 5.92. The number of carbonyl (C=O) groups excluding carboxylic acids is 1. The number of anilines is 2. The van der Waals surface area contributed by atoms with Crippen LogP contribution in [0.25, 0.3) is 0 Å². The topological polar surface area (TPSA) is 57.3 Å². The average molecular weight is 288 g/mol. The van der Waals surface area contributed by atoms with E-state index in [-0.39, 0.29) is 11.8 Å². The zero-order valence-corrected chi connectivity index (χ0v) is 12.5. The van der Waals surface area contributed by atoms with E-state index in [1.165, 1.54) is 19.3 Å². The normalized spacial score (nSPS) is 22.9. The first-order valence-electron chi connectivity index (χ1n) is 8.05. The summed E-state index contributed by atoms with van der Waals surface area (Å²) in [4.78, 5) is 18.9. The van der Waals surface area contributed by atoms with Crippen molar-refractivity contribution in [3.63, 3.8) is 0 Å². The lowest BCUT2D eigenvalue weighted by molar-refractivity contribution is -0.120. The molecule has 2 N–H and O–H groups in total. The Kier molecular flexibility index (Phi) is 4.70. The highest BCUT2D eigenvalue weighted by Crippen LogP contribution is 2.20. The molecule has 5 heteroatoms. The Morgan fingerprint density at radius 2 is 2.10 bits per heavy atom.